The second-order valence-electron chi connectivity index (χ2n) is 6.27. The van der Waals surface area contributed by atoms with Crippen molar-refractivity contribution < 1.29 is 9.53 Å². The van der Waals surface area contributed by atoms with E-state index >= 15 is 0 Å². The Kier molecular flexibility index (Phi) is 6.25. The molecule has 2 atom stereocenters. The first kappa shape index (κ1) is 17.2. The number of ether oxygens (including phenoxy) is 1. The van der Waals surface area contributed by atoms with E-state index < -0.39 is 5.60 Å². The Morgan fingerprint density at radius 2 is 1.80 bits per heavy atom. The Morgan fingerprint density at radius 1 is 1.25 bits per heavy atom. The van der Waals surface area contributed by atoms with Crippen LogP contribution in [0.25, 0.3) is 0 Å². The Labute approximate surface area is 131 Å². The van der Waals surface area contributed by atoms with Crippen molar-refractivity contribution in [3.05, 3.63) is 35.4 Å². The number of halogens is 1. The van der Waals surface area contributed by atoms with E-state index in [1.807, 2.05) is 32.9 Å². The van der Waals surface area contributed by atoms with Gasteiger partial charge in [-0.3, -0.25) is 4.79 Å². The quantitative estimate of drug-likeness (QED) is 0.553. The van der Waals surface area contributed by atoms with Crippen LogP contribution in [0.2, 0.25) is 0 Å². The summed E-state index contributed by atoms with van der Waals surface area (Å²) < 4.78 is 5.59. The second kappa shape index (κ2) is 7.26. The molecule has 1 rings (SSSR count). The molecule has 2 unspecified atom stereocenters. The standard InChI is InChI=1S/C17H25BrO2/c1-6-12(2)15(16(19)20-17(3,4)5)14-9-7-13(11-18)8-10-14/h7-10,12,15H,6,11H2,1-5H3. The molecule has 0 amide bonds. The van der Waals surface area contributed by atoms with E-state index in [0.29, 0.717) is 0 Å². The fraction of sp³-hybridized carbons (Fsp3) is 0.588. The molecular weight excluding hydrogens is 316 g/mol. The van der Waals surface area contributed by atoms with Gasteiger partial charge >= 0.3 is 5.97 Å². The fourth-order valence-corrected chi connectivity index (χ4v) is 2.49. The highest BCUT2D eigenvalue weighted by atomic mass is 79.9. The summed E-state index contributed by atoms with van der Waals surface area (Å²) in [6.45, 7) is 9.94. The molecule has 2 nitrogen and oxygen atoms in total. The molecule has 0 radical (unpaired) electrons. The zero-order chi connectivity index (χ0) is 15.3. The predicted molar refractivity (Wildman–Crippen MR) is 87.1 cm³/mol. The van der Waals surface area contributed by atoms with Crippen molar-refractivity contribution in [1.29, 1.82) is 0 Å². The zero-order valence-corrected chi connectivity index (χ0v) is 14.7. The van der Waals surface area contributed by atoms with Crippen LogP contribution in [0.5, 0.6) is 0 Å². The summed E-state index contributed by atoms with van der Waals surface area (Å²) in [6, 6.07) is 8.20. The maximum Gasteiger partial charge on any atom is 0.314 e. The van der Waals surface area contributed by atoms with E-state index in [1.54, 1.807) is 0 Å². The van der Waals surface area contributed by atoms with Gasteiger partial charge in [0.15, 0.2) is 0 Å². The van der Waals surface area contributed by atoms with Crippen LogP contribution in [0.3, 0.4) is 0 Å². The molecule has 0 N–H and O–H groups in total. The lowest BCUT2D eigenvalue weighted by Gasteiger charge is -2.27. The third-order valence-corrected chi connectivity index (χ3v) is 4.01. The second-order valence-corrected chi connectivity index (χ2v) is 6.83. The Bertz CT molecular complexity index is 431. The molecule has 0 aromatic heterocycles. The van der Waals surface area contributed by atoms with E-state index in [0.717, 1.165) is 17.3 Å². The third kappa shape index (κ3) is 4.93. The molecule has 0 bridgehead atoms. The molecule has 0 fully saturated rings. The summed E-state index contributed by atoms with van der Waals surface area (Å²) in [6.07, 6.45) is 0.949. The van der Waals surface area contributed by atoms with Crippen molar-refractivity contribution in [1.82, 2.24) is 0 Å². The number of benzene rings is 1. The Hall–Kier alpha value is -0.830. The summed E-state index contributed by atoms with van der Waals surface area (Å²) in [4.78, 5) is 12.5. The van der Waals surface area contributed by atoms with Crippen molar-refractivity contribution >= 4 is 21.9 Å². The molecule has 112 valence electrons. The van der Waals surface area contributed by atoms with E-state index in [9.17, 15) is 4.79 Å². The van der Waals surface area contributed by atoms with E-state index in [-0.39, 0.29) is 17.8 Å². The van der Waals surface area contributed by atoms with E-state index in [2.05, 4.69) is 41.9 Å². The van der Waals surface area contributed by atoms with Crippen molar-refractivity contribution in [3.8, 4) is 0 Å². The lowest BCUT2D eigenvalue weighted by atomic mass is 9.85. The van der Waals surface area contributed by atoms with Crippen LogP contribution in [0, 0.1) is 5.92 Å². The first-order chi connectivity index (χ1) is 9.28. The highest BCUT2D eigenvalue weighted by Crippen LogP contribution is 2.30. The van der Waals surface area contributed by atoms with Gasteiger partial charge in [0, 0.05) is 5.33 Å². The van der Waals surface area contributed by atoms with Crippen LogP contribution >= 0.6 is 15.9 Å². The molecule has 0 aliphatic rings. The van der Waals surface area contributed by atoms with Gasteiger partial charge in [0.25, 0.3) is 0 Å². The lowest BCUT2D eigenvalue weighted by Crippen LogP contribution is -2.30. The normalized spacial score (nSPS) is 14.7. The predicted octanol–water partition coefficient (Wildman–Crippen LogP) is 5.05. The molecular formula is C17H25BrO2. The van der Waals surface area contributed by atoms with Crippen LogP contribution in [-0.2, 0) is 14.9 Å². The van der Waals surface area contributed by atoms with Gasteiger partial charge in [0.2, 0.25) is 0 Å². The lowest BCUT2D eigenvalue weighted by molar-refractivity contribution is -0.158. The van der Waals surface area contributed by atoms with Crippen LogP contribution in [-0.4, -0.2) is 11.6 Å². The number of esters is 1. The first-order valence-electron chi connectivity index (χ1n) is 7.16. The van der Waals surface area contributed by atoms with Gasteiger partial charge in [0.05, 0.1) is 5.92 Å². The van der Waals surface area contributed by atoms with E-state index in [1.165, 1.54) is 5.56 Å². The van der Waals surface area contributed by atoms with Gasteiger partial charge in [-0.05, 0) is 37.8 Å². The minimum atomic E-state index is -0.446. The molecule has 0 aliphatic heterocycles. The molecule has 0 heterocycles. The smallest absolute Gasteiger partial charge is 0.314 e. The van der Waals surface area contributed by atoms with Gasteiger partial charge in [-0.2, -0.15) is 0 Å². The van der Waals surface area contributed by atoms with Gasteiger partial charge in [-0.15, -0.1) is 0 Å². The number of carbonyl (C=O) groups is 1. The number of rotatable bonds is 5. The Morgan fingerprint density at radius 3 is 2.20 bits per heavy atom. The van der Waals surface area contributed by atoms with Crippen LogP contribution < -0.4 is 0 Å². The fourth-order valence-electron chi connectivity index (χ4n) is 2.11. The van der Waals surface area contributed by atoms with Crippen molar-refractivity contribution in [2.24, 2.45) is 5.92 Å². The molecule has 20 heavy (non-hydrogen) atoms. The topological polar surface area (TPSA) is 26.3 Å². The number of hydrogen-bond donors (Lipinski definition) is 0. The van der Waals surface area contributed by atoms with E-state index in [4.69, 9.17) is 4.74 Å². The molecule has 3 heteroatoms. The number of carbonyl (C=O) groups excluding carboxylic acids is 1. The van der Waals surface area contributed by atoms with Gasteiger partial charge in [-0.25, -0.2) is 0 Å². The molecule has 0 saturated carbocycles. The van der Waals surface area contributed by atoms with Crippen LogP contribution in [0.4, 0.5) is 0 Å². The monoisotopic (exact) mass is 340 g/mol. The summed E-state index contributed by atoms with van der Waals surface area (Å²) in [5.41, 5.74) is 1.80. The SMILES string of the molecule is CCC(C)C(C(=O)OC(C)(C)C)c1ccc(CBr)cc1. The third-order valence-electron chi connectivity index (χ3n) is 3.37. The van der Waals surface area contributed by atoms with Crippen LogP contribution in [0.1, 0.15) is 58.1 Å². The van der Waals surface area contributed by atoms with Crippen molar-refractivity contribution in [3.63, 3.8) is 0 Å². The largest absolute Gasteiger partial charge is 0.459 e. The highest BCUT2D eigenvalue weighted by molar-refractivity contribution is 9.08. The average Bonchev–Trinajstić information content (AvgIpc) is 2.37. The maximum atomic E-state index is 12.5. The molecule has 0 spiro atoms. The van der Waals surface area contributed by atoms with Gasteiger partial charge in [-0.1, -0.05) is 60.5 Å². The van der Waals surface area contributed by atoms with Crippen molar-refractivity contribution in [2.45, 2.75) is 57.9 Å². The number of hydrogen-bond acceptors (Lipinski definition) is 2. The number of alkyl halides is 1. The van der Waals surface area contributed by atoms with Gasteiger partial charge in [0.1, 0.15) is 5.60 Å². The molecule has 1 aromatic rings. The Balaban J connectivity index is 3.02. The summed E-state index contributed by atoms with van der Waals surface area (Å²) >= 11 is 3.44. The zero-order valence-electron chi connectivity index (χ0n) is 13.1. The summed E-state index contributed by atoms with van der Waals surface area (Å²) in [5.74, 6) is -0.0540. The minimum absolute atomic E-state index is 0.126. The molecule has 0 aliphatic carbocycles. The van der Waals surface area contributed by atoms with Gasteiger partial charge < -0.3 is 4.74 Å². The average molecular weight is 341 g/mol. The maximum absolute atomic E-state index is 12.5. The molecule has 0 saturated heterocycles. The first-order valence-corrected chi connectivity index (χ1v) is 8.28. The highest BCUT2D eigenvalue weighted by Gasteiger charge is 2.30. The van der Waals surface area contributed by atoms with Crippen LogP contribution in [0.15, 0.2) is 24.3 Å². The minimum Gasteiger partial charge on any atom is -0.459 e. The van der Waals surface area contributed by atoms with Crippen molar-refractivity contribution in [2.75, 3.05) is 0 Å². The summed E-state index contributed by atoms with van der Waals surface area (Å²) in [7, 11) is 0. The summed E-state index contributed by atoms with van der Waals surface area (Å²) in [5, 5.41) is 0.827. The molecule has 1 aromatic carbocycles.